The smallest absolute Gasteiger partial charge is 0.326 e. The van der Waals surface area contributed by atoms with Crippen LogP contribution in [0.2, 0.25) is 0 Å². The van der Waals surface area contributed by atoms with E-state index in [1.807, 2.05) is 0 Å². The van der Waals surface area contributed by atoms with Gasteiger partial charge in [0.2, 0.25) is 17.7 Å². The predicted molar refractivity (Wildman–Crippen MR) is 141 cm³/mol. The van der Waals surface area contributed by atoms with Crippen LogP contribution in [-0.4, -0.2) is 70.6 Å². The molecule has 0 saturated heterocycles. The molecule has 0 saturated carbocycles. The largest absolute Gasteiger partial charge is 0.481 e. The van der Waals surface area contributed by atoms with Crippen LogP contribution in [0.3, 0.4) is 0 Å². The zero-order chi connectivity index (χ0) is 28.7. The Labute approximate surface area is 222 Å². The standard InChI is InChI=1S/C26H41N5O7/c1-3-16(2)22(26(37)38)31-25(36)20(15-17-9-5-4-6-10-17)30-24(35)19(12-13-21(32)33)29-23(34)18(28)11-7-8-14-27/h4-6,9-10,16,18-20,22H,3,7-8,11-15,27-28H2,1-2H3,(H,29,34)(H,30,35)(H,31,36)(H,32,33)(H,37,38)/t16-,18-,19-,20-,22-/m0/s1. The molecule has 0 fully saturated rings. The fraction of sp³-hybridized carbons (Fsp3) is 0.577. The highest BCUT2D eigenvalue weighted by atomic mass is 16.4. The number of rotatable bonds is 18. The summed E-state index contributed by atoms with van der Waals surface area (Å²) < 4.78 is 0. The summed E-state index contributed by atoms with van der Waals surface area (Å²) in [5.74, 6) is -4.85. The maximum atomic E-state index is 13.2. The molecule has 0 spiro atoms. The van der Waals surface area contributed by atoms with Crippen LogP contribution >= 0.6 is 0 Å². The van der Waals surface area contributed by atoms with Gasteiger partial charge in [-0.3, -0.25) is 19.2 Å². The van der Waals surface area contributed by atoms with Gasteiger partial charge in [-0.05, 0) is 37.3 Å². The van der Waals surface area contributed by atoms with Crippen molar-refractivity contribution < 1.29 is 34.2 Å². The third kappa shape index (κ3) is 11.7. The molecule has 1 aromatic rings. The van der Waals surface area contributed by atoms with Gasteiger partial charge < -0.3 is 37.6 Å². The molecular weight excluding hydrogens is 494 g/mol. The van der Waals surface area contributed by atoms with Crippen molar-refractivity contribution >= 4 is 29.7 Å². The third-order valence-corrected chi connectivity index (χ3v) is 6.28. The molecule has 9 N–H and O–H groups in total. The second-order valence-electron chi connectivity index (χ2n) is 9.35. The topological polar surface area (TPSA) is 214 Å². The fourth-order valence-corrected chi connectivity index (χ4v) is 3.72. The zero-order valence-electron chi connectivity index (χ0n) is 22.0. The second kappa shape index (κ2) is 17.1. The quantitative estimate of drug-likeness (QED) is 0.127. The minimum atomic E-state index is -1.27. The van der Waals surface area contributed by atoms with E-state index in [4.69, 9.17) is 16.6 Å². The van der Waals surface area contributed by atoms with E-state index in [9.17, 15) is 29.1 Å². The van der Waals surface area contributed by atoms with Crippen LogP contribution in [0.4, 0.5) is 0 Å². The Hall–Kier alpha value is -3.51. The van der Waals surface area contributed by atoms with Crippen molar-refractivity contribution in [1.82, 2.24) is 16.0 Å². The van der Waals surface area contributed by atoms with Gasteiger partial charge in [0.15, 0.2) is 0 Å². The normalized spacial score (nSPS) is 14.8. The Bertz CT molecular complexity index is 928. The number of carbonyl (C=O) groups is 5. The molecule has 0 unspecified atom stereocenters. The number of carboxylic acid groups (broad SMARTS) is 2. The van der Waals surface area contributed by atoms with Gasteiger partial charge in [-0.15, -0.1) is 0 Å². The zero-order valence-corrected chi connectivity index (χ0v) is 22.0. The molecule has 12 heteroatoms. The molecule has 5 atom stereocenters. The van der Waals surface area contributed by atoms with Crippen LogP contribution in [0.5, 0.6) is 0 Å². The molecule has 0 aliphatic rings. The molecule has 0 bridgehead atoms. The number of nitrogens with one attached hydrogen (secondary N) is 3. The van der Waals surface area contributed by atoms with Crippen molar-refractivity contribution in [3.63, 3.8) is 0 Å². The van der Waals surface area contributed by atoms with Gasteiger partial charge in [-0.2, -0.15) is 0 Å². The highest BCUT2D eigenvalue weighted by Gasteiger charge is 2.32. The van der Waals surface area contributed by atoms with Crippen LogP contribution in [0.25, 0.3) is 0 Å². The Morgan fingerprint density at radius 2 is 1.47 bits per heavy atom. The number of amides is 3. The van der Waals surface area contributed by atoms with Crippen molar-refractivity contribution in [2.45, 2.75) is 83.0 Å². The minimum Gasteiger partial charge on any atom is -0.481 e. The van der Waals surface area contributed by atoms with Crippen molar-refractivity contribution in [2.75, 3.05) is 6.54 Å². The van der Waals surface area contributed by atoms with Gasteiger partial charge in [0.05, 0.1) is 6.04 Å². The van der Waals surface area contributed by atoms with E-state index in [2.05, 4.69) is 16.0 Å². The molecule has 38 heavy (non-hydrogen) atoms. The van der Waals surface area contributed by atoms with E-state index in [0.717, 1.165) is 0 Å². The van der Waals surface area contributed by atoms with Gasteiger partial charge in [0.1, 0.15) is 18.1 Å². The first-order valence-corrected chi connectivity index (χ1v) is 12.8. The highest BCUT2D eigenvalue weighted by Crippen LogP contribution is 2.11. The number of carbonyl (C=O) groups excluding carboxylic acids is 3. The number of nitrogens with two attached hydrogens (primary N) is 2. The first-order valence-electron chi connectivity index (χ1n) is 12.8. The average molecular weight is 536 g/mol. The second-order valence-corrected chi connectivity index (χ2v) is 9.35. The van der Waals surface area contributed by atoms with Crippen molar-refractivity contribution in [1.29, 1.82) is 0 Å². The molecule has 1 rings (SSSR count). The average Bonchev–Trinajstić information content (AvgIpc) is 2.88. The number of benzene rings is 1. The fourth-order valence-electron chi connectivity index (χ4n) is 3.72. The Morgan fingerprint density at radius 1 is 0.868 bits per heavy atom. The van der Waals surface area contributed by atoms with Crippen molar-refractivity contribution in [2.24, 2.45) is 17.4 Å². The van der Waals surface area contributed by atoms with E-state index in [0.29, 0.717) is 37.8 Å². The number of hydrogen-bond donors (Lipinski definition) is 7. The summed E-state index contributed by atoms with van der Waals surface area (Å²) in [6, 6.07) is 4.26. The van der Waals surface area contributed by atoms with Gasteiger partial charge in [-0.1, -0.05) is 57.0 Å². The lowest BCUT2D eigenvalue weighted by Gasteiger charge is -2.26. The van der Waals surface area contributed by atoms with Crippen molar-refractivity contribution in [3.8, 4) is 0 Å². The van der Waals surface area contributed by atoms with E-state index < -0.39 is 60.2 Å². The Balaban J connectivity index is 3.12. The number of unbranched alkanes of at least 4 members (excludes halogenated alkanes) is 1. The lowest BCUT2D eigenvalue weighted by atomic mass is 9.98. The van der Waals surface area contributed by atoms with Crippen LogP contribution in [0, 0.1) is 5.92 Å². The van der Waals surface area contributed by atoms with Crippen LogP contribution in [-0.2, 0) is 30.4 Å². The monoisotopic (exact) mass is 535 g/mol. The van der Waals surface area contributed by atoms with E-state index in [1.54, 1.807) is 44.2 Å². The summed E-state index contributed by atoms with van der Waals surface area (Å²) in [6.45, 7) is 3.94. The van der Waals surface area contributed by atoms with Gasteiger partial charge in [0, 0.05) is 12.8 Å². The summed E-state index contributed by atoms with van der Waals surface area (Å²) in [7, 11) is 0. The third-order valence-electron chi connectivity index (χ3n) is 6.28. The first-order chi connectivity index (χ1) is 18.0. The van der Waals surface area contributed by atoms with E-state index in [-0.39, 0.29) is 18.8 Å². The van der Waals surface area contributed by atoms with Gasteiger partial charge in [-0.25, -0.2) is 4.79 Å². The molecule has 0 aliphatic heterocycles. The molecule has 0 aliphatic carbocycles. The lowest BCUT2D eigenvalue weighted by Crippen LogP contribution is -2.58. The summed E-state index contributed by atoms with van der Waals surface area (Å²) >= 11 is 0. The molecule has 0 aromatic heterocycles. The minimum absolute atomic E-state index is 0.0451. The maximum Gasteiger partial charge on any atom is 0.326 e. The molecule has 0 radical (unpaired) electrons. The van der Waals surface area contributed by atoms with Gasteiger partial charge in [0.25, 0.3) is 0 Å². The molecule has 1 aromatic carbocycles. The van der Waals surface area contributed by atoms with Crippen molar-refractivity contribution in [3.05, 3.63) is 35.9 Å². The highest BCUT2D eigenvalue weighted by molar-refractivity contribution is 5.94. The summed E-state index contributed by atoms with van der Waals surface area (Å²) in [5, 5.41) is 26.3. The molecule has 12 nitrogen and oxygen atoms in total. The van der Waals surface area contributed by atoms with Crippen LogP contribution < -0.4 is 27.4 Å². The lowest BCUT2D eigenvalue weighted by molar-refractivity contribution is -0.143. The summed E-state index contributed by atoms with van der Waals surface area (Å²) in [5.41, 5.74) is 12.1. The Morgan fingerprint density at radius 3 is 2.03 bits per heavy atom. The maximum absolute atomic E-state index is 13.2. The Kier molecular flexibility index (Phi) is 14.6. The summed E-state index contributed by atoms with van der Waals surface area (Å²) in [4.78, 5) is 61.9. The molecular formula is C26H41N5O7. The number of hydrogen-bond acceptors (Lipinski definition) is 7. The number of aliphatic carboxylic acids is 2. The molecule has 0 heterocycles. The van der Waals surface area contributed by atoms with Crippen LogP contribution in [0.1, 0.15) is 57.9 Å². The summed E-state index contributed by atoms with van der Waals surface area (Å²) in [6.07, 6.45) is 1.52. The first kappa shape index (κ1) is 32.5. The van der Waals surface area contributed by atoms with Gasteiger partial charge >= 0.3 is 11.9 Å². The SMILES string of the molecule is CC[C@H](C)[C@H](NC(=O)[C@H](Cc1ccccc1)NC(=O)[C@H](CCC(=O)O)NC(=O)[C@@H](N)CCCCN)C(=O)O. The predicted octanol–water partition coefficient (Wildman–Crippen LogP) is 0.135. The van der Waals surface area contributed by atoms with E-state index in [1.165, 1.54) is 0 Å². The molecule has 3 amide bonds. The van der Waals surface area contributed by atoms with E-state index >= 15 is 0 Å². The number of carboxylic acids is 2. The van der Waals surface area contributed by atoms with Crippen LogP contribution in [0.15, 0.2) is 30.3 Å². The molecule has 212 valence electrons.